The van der Waals surface area contributed by atoms with Crippen LogP contribution in [-0.4, -0.2) is 25.7 Å². The molecular formula is C9H20N2. The maximum absolute atomic E-state index is 3.41. The van der Waals surface area contributed by atoms with Crippen molar-refractivity contribution in [3.63, 3.8) is 0 Å². The molecule has 1 aliphatic rings. The molecule has 1 saturated carbocycles. The lowest BCUT2D eigenvalue weighted by Crippen LogP contribution is -2.46. The minimum Gasteiger partial charge on any atom is -0.317 e. The highest BCUT2D eigenvalue weighted by Crippen LogP contribution is 2.34. The van der Waals surface area contributed by atoms with E-state index in [2.05, 4.69) is 38.6 Å². The Balaban J connectivity index is 2.61. The van der Waals surface area contributed by atoms with Gasteiger partial charge in [-0.3, -0.25) is 0 Å². The highest BCUT2D eigenvalue weighted by Gasteiger charge is 2.40. The van der Waals surface area contributed by atoms with Gasteiger partial charge in [-0.1, -0.05) is 6.92 Å². The number of hydrogen-bond acceptors (Lipinski definition) is 2. The minimum absolute atomic E-state index is 0.355. The van der Waals surface area contributed by atoms with E-state index in [4.69, 9.17) is 0 Å². The van der Waals surface area contributed by atoms with E-state index in [1.807, 2.05) is 0 Å². The molecule has 1 aliphatic carbocycles. The van der Waals surface area contributed by atoms with Crippen LogP contribution in [0.4, 0.5) is 0 Å². The van der Waals surface area contributed by atoms with Crippen molar-refractivity contribution >= 4 is 0 Å². The molecule has 2 heteroatoms. The minimum atomic E-state index is 0.355. The van der Waals surface area contributed by atoms with Gasteiger partial charge in [-0.2, -0.15) is 0 Å². The first-order valence-corrected chi connectivity index (χ1v) is 4.50. The van der Waals surface area contributed by atoms with Crippen LogP contribution < -0.4 is 10.6 Å². The molecule has 0 spiro atoms. The fraction of sp³-hybridized carbons (Fsp3) is 1.00. The lowest BCUT2D eigenvalue weighted by Gasteiger charge is -2.30. The number of rotatable bonds is 2. The second-order valence-electron chi connectivity index (χ2n) is 3.89. The second-order valence-corrected chi connectivity index (χ2v) is 3.89. The van der Waals surface area contributed by atoms with Crippen molar-refractivity contribution in [2.75, 3.05) is 14.1 Å². The van der Waals surface area contributed by atoms with Crippen LogP contribution in [0.1, 0.15) is 26.7 Å². The Morgan fingerprint density at radius 2 is 2.00 bits per heavy atom. The maximum atomic E-state index is 3.41. The van der Waals surface area contributed by atoms with E-state index in [1.165, 1.54) is 12.8 Å². The Labute approximate surface area is 69.8 Å². The smallest absolute Gasteiger partial charge is 0.0191 e. The van der Waals surface area contributed by atoms with Gasteiger partial charge < -0.3 is 10.6 Å². The van der Waals surface area contributed by atoms with Crippen LogP contribution in [0.2, 0.25) is 0 Å². The summed E-state index contributed by atoms with van der Waals surface area (Å²) >= 11 is 0. The van der Waals surface area contributed by atoms with Crippen molar-refractivity contribution in [2.45, 2.75) is 38.3 Å². The van der Waals surface area contributed by atoms with Crippen molar-refractivity contribution in [1.82, 2.24) is 10.6 Å². The van der Waals surface area contributed by atoms with Crippen LogP contribution in [-0.2, 0) is 0 Å². The molecule has 1 fully saturated rings. The van der Waals surface area contributed by atoms with Gasteiger partial charge in [-0.05, 0) is 39.8 Å². The normalized spacial score (nSPS) is 44.7. The van der Waals surface area contributed by atoms with Crippen molar-refractivity contribution in [1.29, 1.82) is 0 Å². The van der Waals surface area contributed by atoms with Gasteiger partial charge >= 0.3 is 0 Å². The molecular weight excluding hydrogens is 136 g/mol. The SMILES string of the molecule is CNC1CCC(C)(NC)C1C. The van der Waals surface area contributed by atoms with Gasteiger partial charge in [0.05, 0.1) is 0 Å². The Bertz CT molecular complexity index is 136. The fourth-order valence-corrected chi connectivity index (χ4v) is 2.12. The summed E-state index contributed by atoms with van der Waals surface area (Å²) in [6.07, 6.45) is 2.59. The Morgan fingerprint density at radius 3 is 2.27 bits per heavy atom. The third kappa shape index (κ3) is 1.42. The third-order valence-corrected chi connectivity index (χ3v) is 3.53. The Morgan fingerprint density at radius 1 is 1.36 bits per heavy atom. The Hall–Kier alpha value is -0.0800. The van der Waals surface area contributed by atoms with Crippen LogP contribution in [0.5, 0.6) is 0 Å². The summed E-state index contributed by atoms with van der Waals surface area (Å²) in [5, 5.41) is 6.78. The van der Waals surface area contributed by atoms with E-state index in [0.717, 1.165) is 5.92 Å². The second kappa shape index (κ2) is 3.11. The average molecular weight is 156 g/mol. The molecule has 0 radical (unpaired) electrons. The van der Waals surface area contributed by atoms with Gasteiger partial charge in [-0.15, -0.1) is 0 Å². The molecule has 3 unspecified atom stereocenters. The first-order chi connectivity index (χ1) is 5.14. The molecule has 2 N–H and O–H groups in total. The van der Waals surface area contributed by atoms with E-state index < -0.39 is 0 Å². The van der Waals surface area contributed by atoms with Gasteiger partial charge in [0, 0.05) is 11.6 Å². The Kier molecular flexibility index (Phi) is 2.55. The molecule has 0 aromatic rings. The third-order valence-electron chi connectivity index (χ3n) is 3.53. The first kappa shape index (κ1) is 9.01. The average Bonchev–Trinajstić information content (AvgIpc) is 2.31. The monoisotopic (exact) mass is 156 g/mol. The van der Waals surface area contributed by atoms with Crippen molar-refractivity contribution < 1.29 is 0 Å². The predicted octanol–water partition coefficient (Wildman–Crippen LogP) is 0.982. The molecule has 0 saturated heterocycles. The van der Waals surface area contributed by atoms with Crippen LogP contribution >= 0.6 is 0 Å². The van der Waals surface area contributed by atoms with Gasteiger partial charge in [0.15, 0.2) is 0 Å². The molecule has 3 atom stereocenters. The molecule has 0 aliphatic heterocycles. The van der Waals surface area contributed by atoms with Gasteiger partial charge in [0.25, 0.3) is 0 Å². The van der Waals surface area contributed by atoms with Crippen LogP contribution in [0.25, 0.3) is 0 Å². The first-order valence-electron chi connectivity index (χ1n) is 4.50. The van der Waals surface area contributed by atoms with E-state index >= 15 is 0 Å². The molecule has 2 nitrogen and oxygen atoms in total. The van der Waals surface area contributed by atoms with Crippen molar-refractivity contribution in [3.05, 3.63) is 0 Å². The van der Waals surface area contributed by atoms with Gasteiger partial charge in [-0.25, -0.2) is 0 Å². The summed E-state index contributed by atoms with van der Waals surface area (Å²) < 4.78 is 0. The predicted molar refractivity (Wildman–Crippen MR) is 48.7 cm³/mol. The lowest BCUT2D eigenvalue weighted by molar-refractivity contribution is 0.282. The van der Waals surface area contributed by atoms with Crippen LogP contribution in [0.3, 0.4) is 0 Å². The summed E-state index contributed by atoms with van der Waals surface area (Å²) in [6.45, 7) is 4.64. The van der Waals surface area contributed by atoms with Crippen LogP contribution in [0, 0.1) is 5.92 Å². The summed E-state index contributed by atoms with van der Waals surface area (Å²) in [6, 6.07) is 0.701. The standard InChI is InChI=1S/C9H20N2/c1-7-8(10-3)5-6-9(7,2)11-4/h7-8,10-11H,5-6H2,1-4H3. The summed E-state index contributed by atoms with van der Waals surface area (Å²) in [5.41, 5.74) is 0.355. The van der Waals surface area contributed by atoms with E-state index in [9.17, 15) is 0 Å². The highest BCUT2D eigenvalue weighted by atomic mass is 15.0. The molecule has 0 aromatic heterocycles. The highest BCUT2D eigenvalue weighted by molar-refractivity contribution is 4.99. The molecule has 0 amide bonds. The molecule has 1 rings (SSSR count). The number of nitrogens with one attached hydrogen (secondary N) is 2. The zero-order valence-corrected chi connectivity index (χ0v) is 8.07. The fourth-order valence-electron chi connectivity index (χ4n) is 2.12. The van der Waals surface area contributed by atoms with Gasteiger partial charge in [0.1, 0.15) is 0 Å². The molecule has 0 bridgehead atoms. The van der Waals surface area contributed by atoms with Crippen molar-refractivity contribution in [2.24, 2.45) is 5.92 Å². The topological polar surface area (TPSA) is 24.1 Å². The van der Waals surface area contributed by atoms with Crippen LogP contribution in [0.15, 0.2) is 0 Å². The summed E-state index contributed by atoms with van der Waals surface area (Å²) in [7, 11) is 4.12. The molecule has 11 heavy (non-hydrogen) atoms. The summed E-state index contributed by atoms with van der Waals surface area (Å²) in [5.74, 6) is 0.734. The number of hydrogen-bond donors (Lipinski definition) is 2. The van der Waals surface area contributed by atoms with Gasteiger partial charge in [0.2, 0.25) is 0 Å². The van der Waals surface area contributed by atoms with E-state index in [0.29, 0.717) is 11.6 Å². The summed E-state index contributed by atoms with van der Waals surface area (Å²) in [4.78, 5) is 0. The van der Waals surface area contributed by atoms with Crippen molar-refractivity contribution in [3.8, 4) is 0 Å². The molecule has 0 aromatic carbocycles. The van der Waals surface area contributed by atoms with E-state index in [1.54, 1.807) is 0 Å². The lowest BCUT2D eigenvalue weighted by atomic mass is 9.89. The zero-order valence-electron chi connectivity index (χ0n) is 8.07. The quantitative estimate of drug-likeness (QED) is 0.623. The molecule has 0 heterocycles. The molecule has 66 valence electrons. The zero-order chi connectivity index (χ0) is 8.48. The largest absolute Gasteiger partial charge is 0.317 e. The maximum Gasteiger partial charge on any atom is 0.0191 e. The van der Waals surface area contributed by atoms with E-state index in [-0.39, 0.29) is 0 Å².